The number of esters is 1. The number of β-lactam (4-membered cyclic amide) rings is 1. The second kappa shape index (κ2) is 12.8. The number of carbonyl (C=O) groups is 4. The van der Waals surface area contributed by atoms with Crippen LogP contribution in [0.4, 0.5) is 4.79 Å². The fourth-order valence-corrected chi connectivity index (χ4v) is 7.14. The van der Waals surface area contributed by atoms with Crippen LogP contribution in [0.2, 0.25) is 0 Å². The summed E-state index contributed by atoms with van der Waals surface area (Å²) in [6.07, 6.45) is 2.22. The lowest BCUT2D eigenvalue weighted by Crippen LogP contribution is -2.70. The highest BCUT2D eigenvalue weighted by molar-refractivity contribution is 8.00. The summed E-state index contributed by atoms with van der Waals surface area (Å²) in [5.41, 5.74) is 2.99. The molecule has 1 aromatic heterocycles. The number of nitrogens with one attached hydrogen (secondary N) is 2. The molecular formula is C35H34N4O6S. The zero-order chi connectivity index (χ0) is 32.4. The maximum Gasteiger partial charge on any atom is 0.408 e. The summed E-state index contributed by atoms with van der Waals surface area (Å²) >= 11 is 1.39. The molecule has 11 heteroatoms. The standard InChI is InChI=1S/C35H34N4O6S/c1-35(2,3)45-34(43)38-27-31(41)39-28(33(42)44-29(21-11-6-4-7-12-21)22-13-8-5-9-14-22)25(20-46-32(27)39)26(23-15-10-17-36-19-23)24-16-18-37-30(24)40/h4-15,17,19,27,29,32H,16,18,20H2,1-3H3,(H,37,40)(H,38,43)/t27-,32-/m1/s1. The van der Waals surface area contributed by atoms with Crippen LogP contribution in [0.15, 0.2) is 102 Å². The lowest BCUT2D eigenvalue weighted by molar-refractivity contribution is -0.153. The molecule has 2 atom stereocenters. The summed E-state index contributed by atoms with van der Waals surface area (Å²) < 4.78 is 11.7. The minimum Gasteiger partial charge on any atom is -0.448 e. The molecule has 0 bridgehead atoms. The third kappa shape index (κ3) is 6.28. The number of aromatic nitrogens is 1. The van der Waals surface area contributed by atoms with Gasteiger partial charge in [0.25, 0.3) is 5.91 Å². The van der Waals surface area contributed by atoms with Gasteiger partial charge in [0, 0.05) is 41.4 Å². The first-order valence-electron chi connectivity index (χ1n) is 15.0. The van der Waals surface area contributed by atoms with Gasteiger partial charge in [0.2, 0.25) is 5.91 Å². The van der Waals surface area contributed by atoms with Gasteiger partial charge >= 0.3 is 12.1 Å². The van der Waals surface area contributed by atoms with Gasteiger partial charge in [-0.05, 0) is 50.0 Å². The van der Waals surface area contributed by atoms with Crippen LogP contribution in [0.1, 0.15) is 50.0 Å². The molecule has 3 aliphatic rings. The summed E-state index contributed by atoms with van der Waals surface area (Å²) in [7, 11) is 0. The molecule has 3 aromatic rings. The SMILES string of the molecule is CC(C)(C)OC(=O)N[C@@H]1C(=O)N2C(C(=O)OC(c3ccccc3)c3ccccc3)=C(C(=C3CCNC3=O)c3cccnc3)CS[C@H]12. The molecule has 236 valence electrons. The topological polar surface area (TPSA) is 127 Å². The van der Waals surface area contributed by atoms with Gasteiger partial charge in [0.1, 0.15) is 22.7 Å². The van der Waals surface area contributed by atoms with Crippen LogP contribution < -0.4 is 10.6 Å². The predicted octanol–water partition coefficient (Wildman–Crippen LogP) is 4.75. The Morgan fingerprint density at radius 1 is 1.00 bits per heavy atom. The lowest BCUT2D eigenvalue weighted by atomic mass is 9.90. The molecule has 2 aromatic carbocycles. The molecule has 0 radical (unpaired) electrons. The molecule has 2 fully saturated rings. The van der Waals surface area contributed by atoms with Gasteiger partial charge in [-0.2, -0.15) is 0 Å². The number of pyridine rings is 1. The Kier molecular flexibility index (Phi) is 8.68. The van der Waals surface area contributed by atoms with Crippen LogP contribution in [0.25, 0.3) is 5.57 Å². The molecule has 0 saturated carbocycles. The molecule has 0 unspecified atom stereocenters. The largest absolute Gasteiger partial charge is 0.448 e. The number of amides is 3. The summed E-state index contributed by atoms with van der Waals surface area (Å²) in [6, 6.07) is 21.4. The van der Waals surface area contributed by atoms with Crippen molar-refractivity contribution in [1.29, 1.82) is 0 Å². The van der Waals surface area contributed by atoms with E-state index in [1.807, 2.05) is 66.7 Å². The highest BCUT2D eigenvalue weighted by Crippen LogP contribution is 2.46. The van der Waals surface area contributed by atoms with E-state index in [1.165, 1.54) is 16.7 Å². The zero-order valence-corrected chi connectivity index (χ0v) is 26.5. The fourth-order valence-electron chi connectivity index (χ4n) is 5.78. The van der Waals surface area contributed by atoms with Crippen molar-refractivity contribution in [2.24, 2.45) is 0 Å². The number of carbonyl (C=O) groups excluding carboxylic acids is 4. The Hall–Kier alpha value is -4.90. The Morgan fingerprint density at radius 2 is 1.67 bits per heavy atom. The van der Waals surface area contributed by atoms with Crippen molar-refractivity contribution in [3.05, 3.63) is 119 Å². The van der Waals surface area contributed by atoms with Crippen LogP contribution >= 0.6 is 11.8 Å². The van der Waals surface area contributed by atoms with Crippen LogP contribution in [-0.4, -0.2) is 63.1 Å². The Balaban J connectivity index is 1.45. The number of fused-ring (bicyclic) bond motifs is 1. The van der Waals surface area contributed by atoms with Gasteiger partial charge in [-0.25, -0.2) is 9.59 Å². The monoisotopic (exact) mass is 638 g/mol. The highest BCUT2D eigenvalue weighted by Gasteiger charge is 2.55. The lowest BCUT2D eigenvalue weighted by Gasteiger charge is -2.50. The van der Waals surface area contributed by atoms with Gasteiger partial charge in [0.15, 0.2) is 6.10 Å². The summed E-state index contributed by atoms with van der Waals surface area (Å²) in [5.74, 6) is -1.16. The van der Waals surface area contributed by atoms with E-state index in [2.05, 4.69) is 15.6 Å². The Morgan fingerprint density at radius 3 is 2.24 bits per heavy atom. The second-order valence-corrected chi connectivity index (χ2v) is 13.2. The van der Waals surface area contributed by atoms with Gasteiger partial charge in [0.05, 0.1) is 0 Å². The van der Waals surface area contributed by atoms with E-state index >= 15 is 0 Å². The number of benzene rings is 2. The molecule has 46 heavy (non-hydrogen) atoms. The second-order valence-electron chi connectivity index (χ2n) is 12.1. The quantitative estimate of drug-likeness (QED) is 0.216. The number of thioether (sulfide) groups is 1. The van der Waals surface area contributed by atoms with Gasteiger partial charge in [-0.15, -0.1) is 11.8 Å². The highest BCUT2D eigenvalue weighted by atomic mass is 32.2. The zero-order valence-electron chi connectivity index (χ0n) is 25.7. The summed E-state index contributed by atoms with van der Waals surface area (Å²) in [4.78, 5) is 59.7. The first kappa shape index (κ1) is 31.1. The Labute approximate surface area is 271 Å². The van der Waals surface area contributed by atoms with Crippen molar-refractivity contribution < 1.29 is 28.7 Å². The molecule has 10 nitrogen and oxygen atoms in total. The number of hydrogen-bond acceptors (Lipinski definition) is 8. The summed E-state index contributed by atoms with van der Waals surface area (Å²) in [5, 5.41) is 4.95. The van der Waals surface area contributed by atoms with Crippen LogP contribution in [0.5, 0.6) is 0 Å². The van der Waals surface area contributed by atoms with Crippen LogP contribution in [0.3, 0.4) is 0 Å². The minimum atomic E-state index is -0.910. The van der Waals surface area contributed by atoms with E-state index < -0.39 is 41.1 Å². The molecule has 2 N–H and O–H groups in total. The van der Waals surface area contributed by atoms with E-state index in [4.69, 9.17) is 9.47 Å². The third-order valence-corrected chi connectivity index (χ3v) is 9.03. The van der Waals surface area contributed by atoms with Crippen molar-refractivity contribution in [3.8, 4) is 0 Å². The molecule has 0 aliphatic carbocycles. The maximum absolute atomic E-state index is 14.5. The normalized spacial score (nSPS) is 20.5. The average molecular weight is 639 g/mol. The van der Waals surface area contributed by atoms with E-state index in [0.717, 1.165) is 11.1 Å². The predicted molar refractivity (Wildman–Crippen MR) is 173 cm³/mol. The maximum atomic E-state index is 14.5. The third-order valence-electron chi connectivity index (χ3n) is 7.75. The average Bonchev–Trinajstić information content (AvgIpc) is 3.47. The van der Waals surface area contributed by atoms with E-state index in [9.17, 15) is 19.2 Å². The number of allylic oxidation sites excluding steroid dienone is 1. The molecular weight excluding hydrogens is 604 g/mol. The molecule has 3 amide bonds. The first-order valence-corrected chi connectivity index (χ1v) is 16.1. The van der Waals surface area contributed by atoms with Gasteiger partial charge in [-0.3, -0.25) is 19.5 Å². The Bertz CT molecular complexity index is 1680. The first-order chi connectivity index (χ1) is 22.1. The van der Waals surface area contributed by atoms with Gasteiger partial charge in [-0.1, -0.05) is 66.7 Å². The van der Waals surface area contributed by atoms with Crippen LogP contribution in [-0.2, 0) is 23.9 Å². The smallest absolute Gasteiger partial charge is 0.408 e. The number of nitrogens with zero attached hydrogens (tertiary/aromatic N) is 2. The molecule has 6 rings (SSSR count). The van der Waals surface area contributed by atoms with E-state index in [-0.39, 0.29) is 17.4 Å². The number of alkyl carbamates (subject to hydrolysis) is 1. The molecule has 4 heterocycles. The molecule has 2 saturated heterocycles. The van der Waals surface area contributed by atoms with Crippen molar-refractivity contribution in [2.75, 3.05) is 12.3 Å². The van der Waals surface area contributed by atoms with Gasteiger partial charge < -0.3 is 20.1 Å². The van der Waals surface area contributed by atoms with E-state index in [1.54, 1.807) is 39.2 Å². The molecule has 0 spiro atoms. The number of rotatable bonds is 7. The number of ether oxygens (including phenoxy) is 2. The number of hydrogen-bond donors (Lipinski definition) is 2. The van der Waals surface area contributed by atoms with E-state index in [0.29, 0.717) is 35.2 Å². The van der Waals surface area contributed by atoms with Crippen molar-refractivity contribution in [1.82, 2.24) is 20.5 Å². The van der Waals surface area contributed by atoms with Crippen LogP contribution in [0, 0.1) is 0 Å². The minimum absolute atomic E-state index is 0.0407. The van der Waals surface area contributed by atoms with Crippen molar-refractivity contribution in [2.45, 2.75) is 50.3 Å². The molecule has 3 aliphatic heterocycles. The fraction of sp³-hybridized carbons (Fsp3) is 0.286. The van der Waals surface area contributed by atoms with Crippen molar-refractivity contribution in [3.63, 3.8) is 0 Å². The summed E-state index contributed by atoms with van der Waals surface area (Å²) in [6.45, 7) is 5.67. The van der Waals surface area contributed by atoms with Crippen molar-refractivity contribution >= 4 is 41.2 Å².